The predicted octanol–water partition coefficient (Wildman–Crippen LogP) is 1.09. The molecule has 0 aliphatic heterocycles. The zero-order valence-corrected chi connectivity index (χ0v) is 7.70. The van der Waals surface area contributed by atoms with Crippen LogP contribution in [0.25, 0.3) is 0 Å². The Morgan fingerprint density at radius 1 is 1.47 bits per heavy atom. The van der Waals surface area contributed by atoms with Crippen LogP contribution < -0.4 is 4.74 Å². The van der Waals surface area contributed by atoms with Crippen LogP contribution in [0.3, 0.4) is 0 Å². The lowest BCUT2D eigenvalue weighted by atomic mass is 10.1. The molecule has 1 aromatic rings. The van der Waals surface area contributed by atoms with Crippen molar-refractivity contribution in [2.24, 2.45) is 0 Å². The molecule has 0 radical (unpaired) electrons. The highest BCUT2D eigenvalue weighted by atomic mass is 19.2. The van der Waals surface area contributed by atoms with Crippen LogP contribution in [0.15, 0.2) is 12.1 Å². The van der Waals surface area contributed by atoms with Crippen molar-refractivity contribution in [3.63, 3.8) is 0 Å². The second-order valence-corrected chi connectivity index (χ2v) is 2.76. The third-order valence-electron chi connectivity index (χ3n) is 1.79. The van der Waals surface area contributed by atoms with E-state index >= 15 is 0 Å². The van der Waals surface area contributed by atoms with E-state index < -0.39 is 29.5 Å². The maximum atomic E-state index is 12.9. The smallest absolute Gasteiger partial charge is 0.337 e. The topological polar surface area (TPSA) is 66.8 Å². The molecule has 0 heterocycles. The first kappa shape index (κ1) is 11.4. The van der Waals surface area contributed by atoms with Crippen molar-refractivity contribution in [2.45, 2.75) is 6.10 Å². The molecule has 0 spiro atoms. The summed E-state index contributed by atoms with van der Waals surface area (Å²) >= 11 is 0. The predicted molar refractivity (Wildman–Crippen MR) is 45.5 cm³/mol. The summed E-state index contributed by atoms with van der Waals surface area (Å²) in [7, 11) is 1.11. The lowest BCUT2D eigenvalue weighted by molar-refractivity contribution is -0.146. The molecule has 0 saturated heterocycles. The number of carboxylic acids is 1. The third-order valence-corrected chi connectivity index (χ3v) is 1.79. The van der Waals surface area contributed by atoms with Crippen LogP contribution in [0.4, 0.5) is 8.78 Å². The minimum atomic E-state index is -1.91. The monoisotopic (exact) mass is 218 g/mol. The lowest BCUT2D eigenvalue weighted by Crippen LogP contribution is -2.11. The number of aliphatic hydroxyl groups excluding tert-OH is 1. The molecule has 0 saturated carbocycles. The van der Waals surface area contributed by atoms with Crippen molar-refractivity contribution in [2.75, 3.05) is 7.11 Å². The summed E-state index contributed by atoms with van der Waals surface area (Å²) in [4.78, 5) is 10.4. The molecule has 1 aromatic carbocycles. The number of carboxylic acid groups (broad SMARTS) is 1. The van der Waals surface area contributed by atoms with Gasteiger partial charge in [0, 0.05) is 0 Å². The zero-order chi connectivity index (χ0) is 11.6. The Morgan fingerprint density at radius 3 is 2.53 bits per heavy atom. The second kappa shape index (κ2) is 4.22. The van der Waals surface area contributed by atoms with Crippen molar-refractivity contribution >= 4 is 5.97 Å². The van der Waals surface area contributed by atoms with Crippen molar-refractivity contribution in [3.8, 4) is 5.75 Å². The Kier molecular flexibility index (Phi) is 3.21. The summed E-state index contributed by atoms with van der Waals surface area (Å²) in [6.45, 7) is 0. The van der Waals surface area contributed by atoms with E-state index in [0.29, 0.717) is 6.07 Å². The van der Waals surface area contributed by atoms with Crippen LogP contribution in [0.5, 0.6) is 5.75 Å². The van der Waals surface area contributed by atoms with Crippen molar-refractivity contribution in [1.29, 1.82) is 0 Å². The summed E-state index contributed by atoms with van der Waals surface area (Å²) in [5.74, 6) is -4.50. The minimum Gasteiger partial charge on any atom is -0.494 e. The van der Waals surface area contributed by atoms with E-state index in [4.69, 9.17) is 10.2 Å². The zero-order valence-electron chi connectivity index (χ0n) is 7.70. The van der Waals surface area contributed by atoms with E-state index in [9.17, 15) is 13.6 Å². The fourth-order valence-electron chi connectivity index (χ4n) is 1.03. The van der Waals surface area contributed by atoms with Crippen LogP contribution in [0.2, 0.25) is 0 Å². The van der Waals surface area contributed by atoms with E-state index in [-0.39, 0.29) is 5.56 Å². The van der Waals surface area contributed by atoms with E-state index in [2.05, 4.69) is 4.74 Å². The molecular weight excluding hydrogens is 210 g/mol. The Labute approximate surface area is 83.7 Å². The Morgan fingerprint density at radius 2 is 2.07 bits per heavy atom. The number of hydrogen-bond acceptors (Lipinski definition) is 3. The van der Waals surface area contributed by atoms with Crippen LogP contribution in [-0.4, -0.2) is 23.3 Å². The summed E-state index contributed by atoms with van der Waals surface area (Å²) in [6.07, 6.45) is -1.91. The first-order valence-electron chi connectivity index (χ1n) is 3.91. The molecule has 2 N–H and O–H groups in total. The number of benzene rings is 1. The molecule has 0 aliphatic carbocycles. The van der Waals surface area contributed by atoms with Crippen LogP contribution >= 0.6 is 0 Å². The highest BCUT2D eigenvalue weighted by Crippen LogP contribution is 2.25. The molecule has 0 aliphatic rings. The number of ether oxygens (including phenoxy) is 1. The fourth-order valence-corrected chi connectivity index (χ4v) is 1.03. The molecule has 0 aromatic heterocycles. The van der Waals surface area contributed by atoms with Gasteiger partial charge in [-0.25, -0.2) is 9.18 Å². The van der Waals surface area contributed by atoms with E-state index in [0.717, 1.165) is 13.2 Å². The van der Waals surface area contributed by atoms with Gasteiger partial charge in [-0.05, 0) is 17.7 Å². The normalized spacial score (nSPS) is 12.3. The molecule has 1 atom stereocenters. The average molecular weight is 218 g/mol. The standard InChI is InChI=1S/C9H8F2O4/c1-15-6-3-4(8(12)9(13)14)2-5(10)7(6)11/h2-3,8,12H,1H3,(H,13,14). The number of carbonyl (C=O) groups is 1. The van der Waals surface area contributed by atoms with E-state index in [1.165, 1.54) is 0 Å². The largest absolute Gasteiger partial charge is 0.494 e. The van der Waals surface area contributed by atoms with Crippen LogP contribution in [0, 0.1) is 11.6 Å². The van der Waals surface area contributed by atoms with Gasteiger partial charge in [0.15, 0.2) is 17.7 Å². The van der Waals surface area contributed by atoms with Gasteiger partial charge in [-0.1, -0.05) is 0 Å². The molecule has 1 rings (SSSR count). The van der Waals surface area contributed by atoms with Gasteiger partial charge in [0.2, 0.25) is 5.82 Å². The van der Waals surface area contributed by atoms with Gasteiger partial charge in [-0.2, -0.15) is 4.39 Å². The van der Waals surface area contributed by atoms with Gasteiger partial charge in [0.25, 0.3) is 0 Å². The van der Waals surface area contributed by atoms with Gasteiger partial charge in [0.05, 0.1) is 7.11 Å². The minimum absolute atomic E-state index is 0.279. The van der Waals surface area contributed by atoms with Crippen LogP contribution in [-0.2, 0) is 4.79 Å². The maximum absolute atomic E-state index is 12.9. The van der Waals surface area contributed by atoms with Crippen LogP contribution in [0.1, 0.15) is 11.7 Å². The Balaban J connectivity index is 3.22. The molecule has 82 valence electrons. The average Bonchev–Trinajstić information content (AvgIpc) is 2.20. The van der Waals surface area contributed by atoms with Crippen molar-refractivity contribution in [3.05, 3.63) is 29.3 Å². The van der Waals surface area contributed by atoms with Gasteiger partial charge < -0.3 is 14.9 Å². The maximum Gasteiger partial charge on any atom is 0.337 e. The Hall–Kier alpha value is -1.69. The SMILES string of the molecule is COc1cc(C(O)C(=O)O)cc(F)c1F. The summed E-state index contributed by atoms with van der Waals surface area (Å²) in [5, 5.41) is 17.5. The second-order valence-electron chi connectivity index (χ2n) is 2.76. The number of rotatable bonds is 3. The van der Waals surface area contributed by atoms with Gasteiger partial charge >= 0.3 is 5.97 Å². The first-order chi connectivity index (χ1) is 6.97. The molecule has 6 heteroatoms. The third kappa shape index (κ3) is 2.21. The number of hydrogen-bond donors (Lipinski definition) is 2. The fraction of sp³-hybridized carbons (Fsp3) is 0.222. The molecule has 0 amide bonds. The quantitative estimate of drug-likeness (QED) is 0.796. The van der Waals surface area contributed by atoms with Crippen molar-refractivity contribution in [1.82, 2.24) is 0 Å². The van der Waals surface area contributed by atoms with E-state index in [1.807, 2.05) is 0 Å². The molecule has 0 bridgehead atoms. The summed E-state index contributed by atoms with van der Waals surface area (Å²) in [6, 6.07) is 1.54. The summed E-state index contributed by atoms with van der Waals surface area (Å²) in [5.41, 5.74) is -0.279. The molecule has 0 fully saturated rings. The summed E-state index contributed by atoms with van der Waals surface area (Å²) < 4.78 is 30.3. The number of aliphatic hydroxyl groups is 1. The highest BCUT2D eigenvalue weighted by molar-refractivity contribution is 5.74. The molecule has 15 heavy (non-hydrogen) atoms. The number of methoxy groups -OCH3 is 1. The highest BCUT2D eigenvalue weighted by Gasteiger charge is 2.20. The van der Waals surface area contributed by atoms with Crippen molar-refractivity contribution < 1.29 is 28.5 Å². The number of halogens is 2. The molecule has 1 unspecified atom stereocenters. The Bertz CT molecular complexity index is 392. The van der Waals surface area contributed by atoms with Gasteiger partial charge in [-0.3, -0.25) is 0 Å². The molecule has 4 nitrogen and oxygen atoms in total. The first-order valence-corrected chi connectivity index (χ1v) is 3.91. The van der Waals surface area contributed by atoms with Gasteiger partial charge in [-0.15, -0.1) is 0 Å². The molecular formula is C9H8F2O4. The lowest BCUT2D eigenvalue weighted by Gasteiger charge is -2.09. The van der Waals surface area contributed by atoms with E-state index in [1.54, 1.807) is 0 Å². The van der Waals surface area contributed by atoms with Gasteiger partial charge in [0.1, 0.15) is 0 Å². The number of aliphatic carboxylic acids is 1.